The lowest BCUT2D eigenvalue weighted by atomic mass is 10.1. The summed E-state index contributed by atoms with van der Waals surface area (Å²) in [6.45, 7) is 9.05. The standard InChI is InChI=1S/C19H31N3O3/c1-14(2)18(25-13-17-7-5-9-24-17)19(23)22-8-4-6-16(22)12-21-11-15(3)10-20-21/h10-11,14,16-18H,4-9,12-13H2,1-3H3/t16-,17-,18+/m0/s1. The predicted molar refractivity (Wildman–Crippen MR) is 95.3 cm³/mol. The first-order valence-electron chi connectivity index (χ1n) is 9.57. The molecule has 6 heteroatoms. The Bertz CT molecular complexity index is 566. The van der Waals surface area contributed by atoms with Crippen LogP contribution in [-0.4, -0.2) is 58.6 Å². The third-order valence-corrected chi connectivity index (χ3v) is 5.15. The molecule has 1 amide bonds. The van der Waals surface area contributed by atoms with Gasteiger partial charge in [0.15, 0.2) is 0 Å². The second-order valence-electron chi connectivity index (χ2n) is 7.70. The van der Waals surface area contributed by atoms with E-state index < -0.39 is 0 Å². The van der Waals surface area contributed by atoms with Crippen LogP contribution in [0.2, 0.25) is 0 Å². The molecule has 140 valence electrons. The maximum absolute atomic E-state index is 13.1. The van der Waals surface area contributed by atoms with Crippen molar-refractivity contribution in [2.75, 3.05) is 19.8 Å². The van der Waals surface area contributed by atoms with Gasteiger partial charge in [-0.25, -0.2) is 0 Å². The third kappa shape index (κ3) is 4.61. The number of hydrogen-bond donors (Lipinski definition) is 0. The monoisotopic (exact) mass is 349 g/mol. The van der Waals surface area contributed by atoms with Gasteiger partial charge in [-0.3, -0.25) is 9.48 Å². The Morgan fingerprint density at radius 1 is 1.40 bits per heavy atom. The summed E-state index contributed by atoms with van der Waals surface area (Å²) < 4.78 is 13.6. The van der Waals surface area contributed by atoms with Crippen molar-refractivity contribution in [1.29, 1.82) is 0 Å². The lowest BCUT2D eigenvalue weighted by molar-refractivity contribution is -0.150. The normalized spacial score (nSPS) is 25.0. The highest BCUT2D eigenvalue weighted by Crippen LogP contribution is 2.23. The lowest BCUT2D eigenvalue weighted by Crippen LogP contribution is -2.47. The van der Waals surface area contributed by atoms with E-state index in [0.29, 0.717) is 6.61 Å². The van der Waals surface area contributed by atoms with E-state index in [1.54, 1.807) is 0 Å². The van der Waals surface area contributed by atoms with Gasteiger partial charge in [-0.15, -0.1) is 0 Å². The molecular weight excluding hydrogens is 318 g/mol. The van der Waals surface area contributed by atoms with Gasteiger partial charge in [0.1, 0.15) is 6.10 Å². The number of amides is 1. The van der Waals surface area contributed by atoms with Crippen LogP contribution in [0.15, 0.2) is 12.4 Å². The SMILES string of the molecule is Cc1cnn(C[C@@H]2CCCN2C(=O)[C@H](OC[C@@H]2CCCO2)C(C)C)c1. The summed E-state index contributed by atoms with van der Waals surface area (Å²) in [5, 5.41) is 4.37. The zero-order chi connectivity index (χ0) is 17.8. The van der Waals surface area contributed by atoms with Crippen molar-refractivity contribution in [3.05, 3.63) is 18.0 Å². The number of carbonyl (C=O) groups is 1. The van der Waals surface area contributed by atoms with Gasteiger partial charge in [0.25, 0.3) is 5.91 Å². The van der Waals surface area contributed by atoms with Crippen molar-refractivity contribution in [2.24, 2.45) is 5.92 Å². The van der Waals surface area contributed by atoms with E-state index in [1.165, 1.54) is 0 Å². The fourth-order valence-corrected chi connectivity index (χ4v) is 3.80. The molecule has 3 rings (SSSR count). The Balaban J connectivity index is 1.60. The summed E-state index contributed by atoms with van der Waals surface area (Å²) in [5.74, 6) is 0.279. The molecule has 0 radical (unpaired) electrons. The molecule has 0 spiro atoms. The van der Waals surface area contributed by atoms with Crippen molar-refractivity contribution in [2.45, 2.75) is 71.2 Å². The van der Waals surface area contributed by atoms with Gasteiger partial charge in [0, 0.05) is 19.3 Å². The van der Waals surface area contributed by atoms with Crippen LogP contribution in [0.3, 0.4) is 0 Å². The lowest BCUT2D eigenvalue weighted by Gasteiger charge is -2.31. The van der Waals surface area contributed by atoms with E-state index in [9.17, 15) is 4.79 Å². The van der Waals surface area contributed by atoms with E-state index >= 15 is 0 Å². The number of likely N-dealkylation sites (tertiary alicyclic amines) is 1. The van der Waals surface area contributed by atoms with Crippen molar-refractivity contribution in [3.8, 4) is 0 Å². The van der Waals surface area contributed by atoms with Crippen LogP contribution in [0.5, 0.6) is 0 Å². The number of aryl methyl sites for hydroxylation is 1. The molecule has 2 aliphatic rings. The minimum atomic E-state index is -0.385. The van der Waals surface area contributed by atoms with Crippen molar-refractivity contribution >= 4 is 5.91 Å². The maximum atomic E-state index is 13.1. The Morgan fingerprint density at radius 3 is 2.88 bits per heavy atom. The Morgan fingerprint density at radius 2 is 2.24 bits per heavy atom. The average Bonchev–Trinajstić information content (AvgIpc) is 3.30. The molecule has 0 N–H and O–H groups in total. The van der Waals surface area contributed by atoms with Gasteiger partial charge in [0.2, 0.25) is 0 Å². The number of rotatable bonds is 7. The third-order valence-electron chi connectivity index (χ3n) is 5.15. The first-order chi connectivity index (χ1) is 12.0. The number of nitrogens with zero attached hydrogens (tertiary/aromatic N) is 3. The minimum Gasteiger partial charge on any atom is -0.376 e. The second kappa shape index (κ2) is 8.32. The highest BCUT2D eigenvalue weighted by molar-refractivity contribution is 5.81. The number of carbonyl (C=O) groups excluding carboxylic acids is 1. The van der Waals surface area contributed by atoms with E-state index in [0.717, 1.165) is 50.9 Å². The summed E-state index contributed by atoms with van der Waals surface area (Å²) in [6, 6.07) is 0.208. The van der Waals surface area contributed by atoms with Crippen molar-refractivity contribution in [3.63, 3.8) is 0 Å². The van der Waals surface area contributed by atoms with Gasteiger partial charge in [-0.2, -0.15) is 5.10 Å². The second-order valence-corrected chi connectivity index (χ2v) is 7.70. The van der Waals surface area contributed by atoms with E-state index in [4.69, 9.17) is 9.47 Å². The van der Waals surface area contributed by atoms with Gasteiger partial charge >= 0.3 is 0 Å². The predicted octanol–water partition coefficient (Wildman–Crippen LogP) is 2.40. The van der Waals surface area contributed by atoms with Crippen LogP contribution in [0.1, 0.15) is 45.1 Å². The zero-order valence-corrected chi connectivity index (χ0v) is 15.7. The van der Waals surface area contributed by atoms with Gasteiger partial charge in [-0.1, -0.05) is 13.8 Å². The molecule has 1 aromatic rings. The molecule has 0 bridgehead atoms. The molecule has 0 aromatic carbocycles. The number of aromatic nitrogens is 2. The molecule has 3 heterocycles. The summed E-state index contributed by atoms with van der Waals surface area (Å²) >= 11 is 0. The minimum absolute atomic E-state index is 0.124. The molecule has 2 aliphatic heterocycles. The van der Waals surface area contributed by atoms with Crippen LogP contribution in [0.4, 0.5) is 0 Å². The molecule has 2 saturated heterocycles. The zero-order valence-electron chi connectivity index (χ0n) is 15.7. The first-order valence-corrected chi connectivity index (χ1v) is 9.57. The van der Waals surface area contributed by atoms with Gasteiger partial charge in [-0.05, 0) is 44.1 Å². The highest BCUT2D eigenvalue weighted by Gasteiger charge is 2.35. The van der Waals surface area contributed by atoms with Crippen LogP contribution < -0.4 is 0 Å². The van der Waals surface area contributed by atoms with Crippen LogP contribution in [0, 0.1) is 12.8 Å². The fraction of sp³-hybridized carbons (Fsp3) is 0.789. The summed E-state index contributed by atoms with van der Waals surface area (Å²) in [7, 11) is 0. The summed E-state index contributed by atoms with van der Waals surface area (Å²) in [4.78, 5) is 15.1. The molecule has 25 heavy (non-hydrogen) atoms. The molecule has 3 atom stereocenters. The summed E-state index contributed by atoms with van der Waals surface area (Å²) in [5.41, 5.74) is 1.15. The van der Waals surface area contributed by atoms with Crippen LogP contribution in [0.25, 0.3) is 0 Å². The van der Waals surface area contributed by atoms with E-state index in [2.05, 4.69) is 18.9 Å². The number of hydrogen-bond acceptors (Lipinski definition) is 4. The molecule has 0 aliphatic carbocycles. The maximum Gasteiger partial charge on any atom is 0.252 e. The Hall–Kier alpha value is -1.40. The Labute approximate surface area is 150 Å². The largest absolute Gasteiger partial charge is 0.376 e. The number of ether oxygens (including phenoxy) is 2. The van der Waals surface area contributed by atoms with Crippen molar-refractivity contribution < 1.29 is 14.3 Å². The summed E-state index contributed by atoms with van der Waals surface area (Å²) in [6.07, 6.45) is 7.86. The molecule has 0 unspecified atom stereocenters. The molecule has 0 saturated carbocycles. The van der Waals surface area contributed by atoms with Crippen LogP contribution >= 0.6 is 0 Å². The smallest absolute Gasteiger partial charge is 0.252 e. The molecule has 6 nitrogen and oxygen atoms in total. The van der Waals surface area contributed by atoms with E-state index in [-0.39, 0.29) is 30.1 Å². The fourth-order valence-electron chi connectivity index (χ4n) is 3.80. The van der Waals surface area contributed by atoms with Gasteiger partial charge < -0.3 is 14.4 Å². The van der Waals surface area contributed by atoms with Crippen LogP contribution in [-0.2, 0) is 20.8 Å². The molecule has 1 aromatic heterocycles. The Kier molecular flexibility index (Phi) is 6.12. The first kappa shape index (κ1) is 18.4. The van der Waals surface area contributed by atoms with Crippen molar-refractivity contribution in [1.82, 2.24) is 14.7 Å². The van der Waals surface area contributed by atoms with Gasteiger partial charge in [0.05, 0.1) is 31.5 Å². The average molecular weight is 349 g/mol. The topological polar surface area (TPSA) is 56.6 Å². The molecular formula is C19H31N3O3. The highest BCUT2D eigenvalue weighted by atomic mass is 16.5. The quantitative estimate of drug-likeness (QED) is 0.758. The molecule has 2 fully saturated rings. The van der Waals surface area contributed by atoms with E-state index in [1.807, 2.05) is 28.9 Å².